The van der Waals surface area contributed by atoms with Gasteiger partial charge in [0.1, 0.15) is 17.1 Å². The minimum atomic E-state index is -1.08. The predicted octanol–water partition coefficient (Wildman–Crippen LogP) is 0.802. The first kappa shape index (κ1) is 16.5. The van der Waals surface area contributed by atoms with Crippen LogP contribution < -0.4 is 11.0 Å². The first-order valence-electron chi connectivity index (χ1n) is 7.59. The van der Waals surface area contributed by atoms with Crippen molar-refractivity contribution >= 4 is 17.5 Å². The molecular formula is C16H16N4O5. The Morgan fingerprint density at radius 2 is 2.16 bits per heavy atom. The summed E-state index contributed by atoms with van der Waals surface area (Å²) in [4.78, 5) is 35.0. The van der Waals surface area contributed by atoms with Crippen LogP contribution in [0, 0.1) is 6.92 Å². The minimum Gasteiger partial charge on any atom is -0.478 e. The van der Waals surface area contributed by atoms with Gasteiger partial charge in [0.2, 0.25) is 5.91 Å². The molecule has 0 atom stereocenters. The number of pyridine rings is 1. The quantitative estimate of drug-likeness (QED) is 0.683. The summed E-state index contributed by atoms with van der Waals surface area (Å²) < 4.78 is 7.91. The normalized spacial score (nSPS) is 10.9. The highest BCUT2D eigenvalue weighted by atomic mass is 16.4. The Morgan fingerprint density at radius 3 is 2.84 bits per heavy atom. The Hall–Kier alpha value is -3.36. The maximum absolute atomic E-state index is 12.1. The average Bonchev–Trinajstić information content (AvgIpc) is 3.12. The molecule has 0 aromatic carbocycles. The molecule has 0 saturated heterocycles. The smallest absolute Gasteiger partial charge is 0.350 e. The van der Waals surface area contributed by atoms with Gasteiger partial charge in [-0.3, -0.25) is 9.20 Å². The monoisotopic (exact) mass is 344 g/mol. The number of aromatic nitrogens is 3. The number of aryl methyl sites for hydroxylation is 2. The number of rotatable bonds is 6. The van der Waals surface area contributed by atoms with Crippen molar-refractivity contribution in [3.8, 4) is 0 Å². The number of fused-ring (bicyclic) bond motifs is 1. The fraction of sp³-hybridized carbons (Fsp3) is 0.250. The lowest BCUT2D eigenvalue weighted by Gasteiger charge is -2.02. The molecule has 0 aliphatic rings. The van der Waals surface area contributed by atoms with Gasteiger partial charge in [-0.1, -0.05) is 6.07 Å². The lowest BCUT2D eigenvalue weighted by Crippen LogP contribution is -2.27. The zero-order valence-electron chi connectivity index (χ0n) is 13.4. The van der Waals surface area contributed by atoms with Gasteiger partial charge < -0.3 is 14.8 Å². The Labute approximate surface area is 141 Å². The summed E-state index contributed by atoms with van der Waals surface area (Å²) in [5.74, 6) is -0.735. The van der Waals surface area contributed by atoms with Crippen LogP contribution in [0.25, 0.3) is 5.65 Å². The maximum Gasteiger partial charge on any atom is 0.350 e. The van der Waals surface area contributed by atoms with Crippen LogP contribution in [0.2, 0.25) is 0 Å². The Bertz CT molecular complexity index is 998. The van der Waals surface area contributed by atoms with E-state index < -0.39 is 5.97 Å². The molecule has 3 aromatic rings. The van der Waals surface area contributed by atoms with Crippen molar-refractivity contribution in [2.75, 3.05) is 0 Å². The van der Waals surface area contributed by atoms with Crippen molar-refractivity contribution in [1.29, 1.82) is 0 Å². The molecule has 9 heteroatoms. The van der Waals surface area contributed by atoms with E-state index in [0.717, 1.165) is 0 Å². The molecule has 0 unspecified atom stereocenters. The number of hydrogen-bond acceptors (Lipinski definition) is 5. The van der Waals surface area contributed by atoms with Crippen LogP contribution in [0.1, 0.15) is 28.3 Å². The van der Waals surface area contributed by atoms with Gasteiger partial charge >= 0.3 is 11.7 Å². The van der Waals surface area contributed by atoms with Crippen LogP contribution in [-0.2, 0) is 17.9 Å². The largest absolute Gasteiger partial charge is 0.478 e. The van der Waals surface area contributed by atoms with Crippen LogP contribution in [0.3, 0.4) is 0 Å². The highest BCUT2D eigenvalue weighted by molar-refractivity contribution is 5.88. The molecular weight excluding hydrogens is 328 g/mol. The summed E-state index contributed by atoms with van der Waals surface area (Å²) >= 11 is 0. The van der Waals surface area contributed by atoms with Gasteiger partial charge in [-0.15, -0.1) is 5.10 Å². The van der Waals surface area contributed by atoms with E-state index >= 15 is 0 Å². The summed E-state index contributed by atoms with van der Waals surface area (Å²) in [6, 6.07) is 6.58. The third-order valence-corrected chi connectivity index (χ3v) is 3.70. The topological polar surface area (TPSA) is 119 Å². The van der Waals surface area contributed by atoms with Crippen molar-refractivity contribution in [3.63, 3.8) is 0 Å². The number of nitrogens with one attached hydrogen (secondary N) is 1. The van der Waals surface area contributed by atoms with Gasteiger partial charge in [0.15, 0.2) is 5.65 Å². The molecule has 0 bridgehead atoms. The van der Waals surface area contributed by atoms with Gasteiger partial charge in [0.05, 0.1) is 13.1 Å². The summed E-state index contributed by atoms with van der Waals surface area (Å²) in [6.45, 7) is 1.77. The first-order chi connectivity index (χ1) is 12.0. The highest BCUT2D eigenvalue weighted by Gasteiger charge is 2.14. The second-order valence-electron chi connectivity index (χ2n) is 5.45. The van der Waals surface area contributed by atoms with Crippen LogP contribution in [0.15, 0.2) is 39.7 Å². The average molecular weight is 344 g/mol. The van der Waals surface area contributed by atoms with E-state index in [1.165, 1.54) is 15.1 Å². The third-order valence-electron chi connectivity index (χ3n) is 3.70. The molecule has 0 spiro atoms. The molecule has 0 aliphatic heterocycles. The number of furan rings is 1. The van der Waals surface area contributed by atoms with Gasteiger partial charge in [0, 0.05) is 12.6 Å². The van der Waals surface area contributed by atoms with E-state index in [-0.39, 0.29) is 42.4 Å². The molecule has 1 amide bonds. The predicted molar refractivity (Wildman–Crippen MR) is 86.3 cm³/mol. The number of carbonyl (C=O) groups is 2. The molecule has 0 aliphatic carbocycles. The second-order valence-corrected chi connectivity index (χ2v) is 5.45. The lowest BCUT2D eigenvalue weighted by atomic mass is 10.2. The second kappa shape index (κ2) is 6.63. The van der Waals surface area contributed by atoms with E-state index in [1.54, 1.807) is 31.3 Å². The minimum absolute atomic E-state index is 0.0647. The molecule has 2 N–H and O–H groups in total. The van der Waals surface area contributed by atoms with Crippen molar-refractivity contribution in [3.05, 3.63) is 58.0 Å². The van der Waals surface area contributed by atoms with E-state index in [1.807, 2.05) is 0 Å². The van der Waals surface area contributed by atoms with Gasteiger partial charge in [-0.25, -0.2) is 14.3 Å². The van der Waals surface area contributed by atoms with Crippen molar-refractivity contribution in [1.82, 2.24) is 19.5 Å². The van der Waals surface area contributed by atoms with Gasteiger partial charge in [-0.05, 0) is 25.1 Å². The zero-order valence-corrected chi connectivity index (χ0v) is 13.4. The summed E-state index contributed by atoms with van der Waals surface area (Å²) in [5, 5.41) is 15.7. The van der Waals surface area contributed by atoms with Crippen LogP contribution in [0.4, 0.5) is 0 Å². The number of carboxylic acids is 1. The van der Waals surface area contributed by atoms with E-state index in [0.29, 0.717) is 11.4 Å². The molecule has 0 fully saturated rings. The maximum atomic E-state index is 12.1. The van der Waals surface area contributed by atoms with Crippen LogP contribution in [0.5, 0.6) is 0 Å². The number of carbonyl (C=O) groups excluding carboxylic acids is 1. The van der Waals surface area contributed by atoms with E-state index in [2.05, 4.69) is 10.4 Å². The number of aromatic carboxylic acids is 1. The number of amides is 1. The van der Waals surface area contributed by atoms with Gasteiger partial charge in [-0.2, -0.15) is 0 Å². The summed E-state index contributed by atoms with van der Waals surface area (Å²) in [5.41, 5.74) is 0.275. The summed E-state index contributed by atoms with van der Waals surface area (Å²) in [7, 11) is 0. The summed E-state index contributed by atoms with van der Waals surface area (Å²) in [6.07, 6.45) is 1.68. The fourth-order valence-electron chi connectivity index (χ4n) is 2.44. The highest BCUT2D eigenvalue weighted by Crippen LogP contribution is 2.14. The molecule has 130 valence electrons. The first-order valence-corrected chi connectivity index (χ1v) is 7.59. The number of hydrogen-bond donors (Lipinski definition) is 2. The van der Waals surface area contributed by atoms with Crippen molar-refractivity contribution in [2.24, 2.45) is 0 Å². The Morgan fingerprint density at radius 1 is 1.36 bits per heavy atom. The van der Waals surface area contributed by atoms with Gasteiger partial charge in [0.25, 0.3) is 0 Å². The lowest BCUT2D eigenvalue weighted by molar-refractivity contribution is -0.121. The Balaban J connectivity index is 1.57. The molecule has 0 saturated carbocycles. The molecule has 25 heavy (non-hydrogen) atoms. The van der Waals surface area contributed by atoms with E-state index in [4.69, 9.17) is 9.52 Å². The molecule has 3 aromatic heterocycles. The van der Waals surface area contributed by atoms with Crippen molar-refractivity contribution in [2.45, 2.75) is 26.4 Å². The van der Waals surface area contributed by atoms with E-state index in [9.17, 15) is 14.4 Å². The molecule has 9 nitrogen and oxygen atoms in total. The fourth-order valence-corrected chi connectivity index (χ4v) is 2.44. The SMILES string of the molecule is Cc1oc(CNC(=O)CCn2nc3ccccn3c2=O)cc1C(=O)O. The van der Waals surface area contributed by atoms with Crippen LogP contribution in [-0.4, -0.2) is 31.2 Å². The molecule has 3 rings (SSSR count). The van der Waals surface area contributed by atoms with Crippen molar-refractivity contribution < 1.29 is 19.1 Å². The molecule has 3 heterocycles. The Kier molecular flexibility index (Phi) is 4.38. The standard InChI is InChI=1S/C16H16N4O5/c1-10-12(15(22)23)8-11(25-10)9-17-14(21)5-7-20-16(24)19-6-3-2-4-13(19)18-20/h2-4,6,8H,5,7,9H2,1H3,(H,17,21)(H,22,23). The zero-order chi connectivity index (χ0) is 18.0. The number of carboxylic acid groups (broad SMARTS) is 1. The van der Waals surface area contributed by atoms with Crippen LogP contribution >= 0.6 is 0 Å². The molecule has 0 radical (unpaired) electrons. The third kappa shape index (κ3) is 3.44. The number of nitrogens with zero attached hydrogens (tertiary/aromatic N) is 3.